The Morgan fingerprint density at radius 2 is 1.71 bits per heavy atom. The molecule has 0 amide bonds. The van der Waals surface area contributed by atoms with Gasteiger partial charge >= 0.3 is 0 Å². The third-order valence-electron chi connectivity index (χ3n) is 1.70. The van der Waals surface area contributed by atoms with Crippen LogP contribution in [0.25, 0.3) is 0 Å². The normalized spacial score (nSPS) is 10.4. The Hall–Kier alpha value is -0.550. The number of hydrogen-bond acceptors (Lipinski definition) is 1. The van der Waals surface area contributed by atoms with Crippen LogP contribution in [0.15, 0.2) is 4.47 Å². The second-order valence-corrected chi connectivity index (χ2v) is 3.67. The van der Waals surface area contributed by atoms with Crippen LogP contribution in [-0.2, 0) is 0 Å². The van der Waals surface area contributed by atoms with Crippen molar-refractivity contribution in [3.05, 3.63) is 33.1 Å². The molecule has 0 atom stereocenters. The fourth-order valence-electron chi connectivity index (χ4n) is 0.975. The summed E-state index contributed by atoms with van der Waals surface area (Å²) in [6, 6.07) is 0. The lowest BCUT2D eigenvalue weighted by molar-refractivity contribution is 0.107. The molecule has 0 aliphatic heterocycles. The number of hydrogen-bond donors (Lipinski definition) is 0. The molecule has 0 N–H and O–H groups in total. The van der Waals surface area contributed by atoms with Crippen molar-refractivity contribution >= 4 is 32.8 Å². The second-order valence-electron chi connectivity index (χ2n) is 2.53. The summed E-state index contributed by atoms with van der Waals surface area (Å²) in [5.74, 6) is -4.50. The second kappa shape index (κ2) is 3.90. The van der Waals surface area contributed by atoms with E-state index in [0.29, 0.717) is 0 Å². The van der Waals surface area contributed by atoms with Gasteiger partial charge in [0.05, 0.1) is 10.0 Å². The lowest BCUT2D eigenvalue weighted by Gasteiger charge is -2.07. The maximum atomic E-state index is 12.9. The van der Waals surface area contributed by atoms with E-state index in [-0.39, 0.29) is 5.56 Å². The summed E-state index contributed by atoms with van der Waals surface area (Å²) in [7, 11) is 0. The van der Waals surface area contributed by atoms with E-state index >= 15 is 0 Å². The van der Waals surface area contributed by atoms with E-state index in [4.69, 9.17) is 11.6 Å². The summed E-state index contributed by atoms with van der Waals surface area (Å²) in [6.45, 7) is 1.14. The van der Waals surface area contributed by atoms with Gasteiger partial charge in [-0.2, -0.15) is 0 Å². The van der Waals surface area contributed by atoms with Gasteiger partial charge in [0.25, 0.3) is 5.24 Å². The minimum atomic E-state index is -1.63. The Kier molecular flexibility index (Phi) is 3.21. The Labute approximate surface area is 91.0 Å². The van der Waals surface area contributed by atoms with E-state index in [9.17, 15) is 18.0 Å². The first-order chi connectivity index (χ1) is 6.37. The molecule has 0 bridgehead atoms. The molecule has 0 fully saturated rings. The molecule has 0 saturated heterocycles. The maximum Gasteiger partial charge on any atom is 0.254 e. The Bertz CT molecular complexity index is 391. The van der Waals surface area contributed by atoms with Gasteiger partial charge < -0.3 is 0 Å². The fraction of sp³-hybridized carbons (Fsp3) is 0.125. The summed E-state index contributed by atoms with van der Waals surface area (Å²) in [5, 5.41) is -1.05. The highest BCUT2D eigenvalue weighted by molar-refractivity contribution is 9.10. The molecule has 0 aliphatic rings. The molecule has 0 saturated carbocycles. The molecule has 1 aromatic rings. The Balaban J connectivity index is 3.68. The Morgan fingerprint density at radius 1 is 1.21 bits per heavy atom. The standard InChI is InChI=1S/C8H3BrClF3O/c1-2-3(8(10)14)4(9)6(12)7(13)5(2)11/h1H3. The average molecular weight is 287 g/mol. The number of halogens is 5. The van der Waals surface area contributed by atoms with Crippen LogP contribution in [0.2, 0.25) is 0 Å². The predicted molar refractivity (Wildman–Crippen MR) is 48.9 cm³/mol. The first-order valence-corrected chi connectivity index (χ1v) is 4.57. The minimum absolute atomic E-state index is 0.323. The molecule has 0 aliphatic carbocycles. The highest BCUT2D eigenvalue weighted by Crippen LogP contribution is 2.30. The molecular weight excluding hydrogens is 284 g/mol. The zero-order chi connectivity index (χ0) is 11.0. The van der Waals surface area contributed by atoms with Crippen molar-refractivity contribution in [2.45, 2.75) is 6.92 Å². The van der Waals surface area contributed by atoms with Gasteiger partial charge in [0, 0.05) is 5.56 Å². The zero-order valence-corrected chi connectivity index (χ0v) is 9.14. The first-order valence-electron chi connectivity index (χ1n) is 3.40. The van der Waals surface area contributed by atoms with Crippen LogP contribution in [0.3, 0.4) is 0 Å². The summed E-state index contributed by atoms with van der Waals surface area (Å²) >= 11 is 7.71. The first kappa shape index (κ1) is 11.5. The van der Waals surface area contributed by atoms with E-state index < -0.39 is 32.7 Å². The Morgan fingerprint density at radius 3 is 2.14 bits per heavy atom. The molecule has 0 spiro atoms. The van der Waals surface area contributed by atoms with E-state index in [1.807, 2.05) is 0 Å². The largest absolute Gasteiger partial charge is 0.276 e. The van der Waals surface area contributed by atoms with Gasteiger partial charge in [-0.05, 0) is 34.5 Å². The van der Waals surface area contributed by atoms with Crippen molar-refractivity contribution in [1.82, 2.24) is 0 Å². The number of rotatable bonds is 1. The molecule has 0 unspecified atom stereocenters. The quantitative estimate of drug-likeness (QED) is 0.438. The van der Waals surface area contributed by atoms with Crippen LogP contribution in [0.5, 0.6) is 0 Å². The number of carbonyl (C=O) groups is 1. The van der Waals surface area contributed by atoms with E-state index in [2.05, 4.69) is 15.9 Å². The molecule has 0 aromatic heterocycles. The van der Waals surface area contributed by atoms with Gasteiger partial charge in [-0.3, -0.25) is 4.79 Å². The van der Waals surface area contributed by atoms with Crippen molar-refractivity contribution in [3.63, 3.8) is 0 Å². The average Bonchev–Trinajstić information content (AvgIpc) is 2.11. The molecule has 6 heteroatoms. The third kappa shape index (κ3) is 1.66. The van der Waals surface area contributed by atoms with Gasteiger partial charge in [0.15, 0.2) is 17.5 Å². The zero-order valence-electron chi connectivity index (χ0n) is 6.80. The van der Waals surface area contributed by atoms with Crippen LogP contribution in [-0.4, -0.2) is 5.24 Å². The molecule has 1 nitrogen and oxygen atoms in total. The monoisotopic (exact) mass is 286 g/mol. The van der Waals surface area contributed by atoms with Crippen molar-refractivity contribution in [1.29, 1.82) is 0 Å². The summed E-state index contributed by atoms with van der Waals surface area (Å²) in [6.07, 6.45) is 0. The minimum Gasteiger partial charge on any atom is -0.276 e. The molecule has 0 heterocycles. The van der Waals surface area contributed by atoms with Crippen molar-refractivity contribution in [3.8, 4) is 0 Å². The molecule has 76 valence electrons. The summed E-state index contributed by atoms with van der Waals surface area (Å²) in [4.78, 5) is 10.8. The molecule has 1 aromatic carbocycles. The number of carbonyl (C=O) groups excluding carboxylic acids is 1. The highest BCUT2D eigenvalue weighted by atomic mass is 79.9. The van der Waals surface area contributed by atoms with Crippen molar-refractivity contribution < 1.29 is 18.0 Å². The topological polar surface area (TPSA) is 17.1 Å². The smallest absolute Gasteiger partial charge is 0.254 e. The molecule has 14 heavy (non-hydrogen) atoms. The molecular formula is C8H3BrClF3O. The molecule has 0 radical (unpaired) electrons. The van der Waals surface area contributed by atoms with E-state index in [0.717, 1.165) is 6.92 Å². The van der Waals surface area contributed by atoms with Crippen LogP contribution < -0.4 is 0 Å². The van der Waals surface area contributed by atoms with Crippen LogP contribution in [0.1, 0.15) is 15.9 Å². The van der Waals surface area contributed by atoms with Gasteiger partial charge in [-0.15, -0.1) is 0 Å². The van der Waals surface area contributed by atoms with E-state index in [1.165, 1.54) is 0 Å². The van der Waals surface area contributed by atoms with Gasteiger partial charge in [0.2, 0.25) is 0 Å². The van der Waals surface area contributed by atoms with Crippen LogP contribution in [0.4, 0.5) is 13.2 Å². The van der Waals surface area contributed by atoms with Crippen molar-refractivity contribution in [2.24, 2.45) is 0 Å². The fourth-order valence-corrected chi connectivity index (χ4v) is 1.98. The summed E-state index contributed by atoms with van der Waals surface area (Å²) in [5.41, 5.74) is -0.723. The lowest BCUT2D eigenvalue weighted by atomic mass is 10.1. The third-order valence-corrected chi connectivity index (χ3v) is 2.63. The maximum absolute atomic E-state index is 12.9. The van der Waals surface area contributed by atoms with Crippen LogP contribution >= 0.6 is 27.5 Å². The SMILES string of the molecule is Cc1c(F)c(F)c(F)c(Br)c1C(=O)Cl. The van der Waals surface area contributed by atoms with Gasteiger partial charge in [0.1, 0.15) is 0 Å². The summed E-state index contributed by atoms with van der Waals surface area (Å²) < 4.78 is 38.2. The predicted octanol–water partition coefficient (Wildman–Crippen LogP) is 3.55. The number of benzene rings is 1. The van der Waals surface area contributed by atoms with E-state index in [1.54, 1.807) is 0 Å². The van der Waals surface area contributed by atoms with Gasteiger partial charge in [-0.1, -0.05) is 0 Å². The van der Waals surface area contributed by atoms with Crippen LogP contribution in [0, 0.1) is 24.4 Å². The van der Waals surface area contributed by atoms with Gasteiger partial charge in [-0.25, -0.2) is 13.2 Å². The molecule has 1 rings (SSSR count). The van der Waals surface area contributed by atoms with Crippen molar-refractivity contribution in [2.75, 3.05) is 0 Å². The highest BCUT2D eigenvalue weighted by Gasteiger charge is 2.24. The lowest BCUT2D eigenvalue weighted by Crippen LogP contribution is -2.05.